The number of fused-ring (bicyclic) bond motifs is 1. The van der Waals surface area contributed by atoms with Crippen molar-refractivity contribution in [2.24, 2.45) is 17.8 Å². The lowest BCUT2D eigenvalue weighted by atomic mass is 9.77. The highest BCUT2D eigenvalue weighted by Crippen LogP contribution is 2.39. The van der Waals surface area contributed by atoms with Gasteiger partial charge in [-0.3, -0.25) is 10.2 Å². The van der Waals surface area contributed by atoms with Gasteiger partial charge in [-0.2, -0.15) is 0 Å². The Balaban J connectivity index is 1.32. The van der Waals surface area contributed by atoms with Gasteiger partial charge in [0, 0.05) is 37.6 Å². The zero-order valence-electron chi connectivity index (χ0n) is 16.2. The third kappa shape index (κ3) is 3.65. The number of nitrogens with zero attached hydrogens (tertiary/aromatic N) is 1. The Morgan fingerprint density at radius 3 is 2.73 bits per heavy atom. The monoisotopic (exact) mass is 366 g/mol. The summed E-state index contributed by atoms with van der Waals surface area (Å²) < 4.78 is 14.3. The Hall–Kier alpha value is -0.720. The number of alkyl halides is 1. The first-order valence-corrected chi connectivity index (χ1v) is 10.7. The van der Waals surface area contributed by atoms with Crippen molar-refractivity contribution in [1.82, 2.24) is 21.1 Å². The summed E-state index contributed by atoms with van der Waals surface area (Å²) >= 11 is 0. The molecule has 5 nitrogen and oxygen atoms in total. The second-order valence-electron chi connectivity index (χ2n) is 9.22. The largest absolute Gasteiger partial charge is 0.352 e. The first-order valence-electron chi connectivity index (χ1n) is 10.7. The van der Waals surface area contributed by atoms with Gasteiger partial charge in [0.15, 0.2) is 0 Å². The SMILES string of the molecule is CC1CCC(F)C2CC(C(=O)NC3CCCC(C4CCNN4C)C3)NC12. The molecule has 2 aliphatic carbocycles. The van der Waals surface area contributed by atoms with Gasteiger partial charge >= 0.3 is 0 Å². The third-order valence-corrected chi connectivity index (χ3v) is 7.56. The van der Waals surface area contributed by atoms with Crippen LogP contribution in [0.1, 0.15) is 58.3 Å². The highest BCUT2D eigenvalue weighted by atomic mass is 19.1. The van der Waals surface area contributed by atoms with Crippen LogP contribution in [0.3, 0.4) is 0 Å². The molecule has 2 heterocycles. The Morgan fingerprint density at radius 1 is 1.15 bits per heavy atom. The molecule has 2 saturated carbocycles. The van der Waals surface area contributed by atoms with Crippen molar-refractivity contribution in [2.75, 3.05) is 13.6 Å². The van der Waals surface area contributed by atoms with Gasteiger partial charge in [-0.1, -0.05) is 13.3 Å². The normalized spacial score (nSPS) is 46.9. The highest BCUT2D eigenvalue weighted by molar-refractivity contribution is 5.82. The predicted octanol–water partition coefficient (Wildman–Crippen LogP) is 1.98. The van der Waals surface area contributed by atoms with Gasteiger partial charge in [0.2, 0.25) is 5.91 Å². The Kier molecular flexibility index (Phi) is 5.53. The van der Waals surface area contributed by atoms with Crippen molar-refractivity contribution in [3.8, 4) is 0 Å². The fourth-order valence-corrected chi connectivity index (χ4v) is 6.06. The number of rotatable bonds is 3. The maximum Gasteiger partial charge on any atom is 0.237 e. The van der Waals surface area contributed by atoms with Crippen molar-refractivity contribution in [2.45, 2.75) is 88.6 Å². The molecule has 8 atom stereocenters. The van der Waals surface area contributed by atoms with E-state index in [1.54, 1.807) is 0 Å². The van der Waals surface area contributed by atoms with Crippen molar-refractivity contribution in [3.05, 3.63) is 0 Å². The summed E-state index contributed by atoms with van der Waals surface area (Å²) in [6, 6.07) is 0.834. The lowest BCUT2D eigenvalue weighted by Crippen LogP contribution is -2.50. The third-order valence-electron chi connectivity index (χ3n) is 7.56. The molecule has 0 aromatic carbocycles. The standard InChI is InChI=1S/C20H35FN4O/c1-12-6-7-16(21)15-11-17(24-19(12)15)20(26)23-14-5-3-4-13(10-14)18-8-9-22-25(18)2/h12-19,22,24H,3-11H2,1-2H3,(H,23,26). The molecule has 2 aliphatic heterocycles. The maximum atomic E-state index is 14.3. The summed E-state index contributed by atoms with van der Waals surface area (Å²) in [7, 11) is 2.14. The molecular weight excluding hydrogens is 331 g/mol. The number of hydrazine groups is 1. The average molecular weight is 367 g/mol. The Bertz CT molecular complexity index is 500. The second-order valence-corrected chi connectivity index (χ2v) is 9.22. The average Bonchev–Trinajstić information content (AvgIpc) is 3.26. The van der Waals surface area contributed by atoms with Crippen LogP contribution in [0, 0.1) is 17.8 Å². The second kappa shape index (κ2) is 7.72. The summed E-state index contributed by atoms with van der Waals surface area (Å²) in [5, 5.41) is 9.04. The van der Waals surface area contributed by atoms with E-state index in [0.717, 1.165) is 25.8 Å². The Labute approximate surface area is 156 Å². The van der Waals surface area contributed by atoms with Crippen LogP contribution >= 0.6 is 0 Å². The molecule has 4 rings (SSSR count). The molecule has 0 spiro atoms. The number of carbonyl (C=O) groups excluding carboxylic acids is 1. The van der Waals surface area contributed by atoms with Crippen molar-refractivity contribution < 1.29 is 9.18 Å². The maximum absolute atomic E-state index is 14.3. The summed E-state index contributed by atoms with van der Waals surface area (Å²) in [6.07, 6.45) is 7.30. The Morgan fingerprint density at radius 2 is 2.00 bits per heavy atom. The fraction of sp³-hybridized carbons (Fsp3) is 0.950. The van der Waals surface area contributed by atoms with Gasteiger partial charge in [-0.15, -0.1) is 0 Å². The molecule has 148 valence electrons. The minimum Gasteiger partial charge on any atom is -0.352 e. The summed E-state index contributed by atoms with van der Waals surface area (Å²) in [6.45, 7) is 3.25. The van der Waals surface area contributed by atoms with Crippen LogP contribution in [0.15, 0.2) is 0 Å². The molecule has 0 radical (unpaired) electrons. The molecule has 26 heavy (non-hydrogen) atoms. The van der Waals surface area contributed by atoms with Crippen molar-refractivity contribution in [1.29, 1.82) is 0 Å². The van der Waals surface area contributed by atoms with Crippen LogP contribution in [-0.2, 0) is 4.79 Å². The minimum atomic E-state index is -0.744. The van der Waals surface area contributed by atoms with Gasteiger partial charge in [0.1, 0.15) is 6.17 Å². The van der Waals surface area contributed by atoms with E-state index in [2.05, 4.69) is 35.0 Å². The molecule has 3 N–H and O–H groups in total. The molecular formula is C20H35FN4O. The minimum absolute atomic E-state index is 0.0202. The van der Waals surface area contributed by atoms with Crippen LogP contribution in [0.5, 0.6) is 0 Å². The molecule has 4 aliphatic rings. The van der Waals surface area contributed by atoms with E-state index >= 15 is 0 Å². The molecule has 8 unspecified atom stereocenters. The molecule has 0 aromatic rings. The molecule has 0 bridgehead atoms. The first kappa shape index (κ1) is 18.6. The van der Waals surface area contributed by atoms with Gasteiger partial charge in [0.25, 0.3) is 0 Å². The lowest BCUT2D eigenvalue weighted by Gasteiger charge is -2.36. The number of hydrogen-bond donors (Lipinski definition) is 3. The summed E-state index contributed by atoms with van der Waals surface area (Å²) in [5.74, 6) is 1.24. The summed E-state index contributed by atoms with van der Waals surface area (Å²) in [4.78, 5) is 12.8. The van der Waals surface area contributed by atoms with Crippen LogP contribution in [0.25, 0.3) is 0 Å². The van der Waals surface area contributed by atoms with Crippen molar-refractivity contribution in [3.63, 3.8) is 0 Å². The zero-order chi connectivity index (χ0) is 18.3. The van der Waals surface area contributed by atoms with E-state index in [0.29, 0.717) is 30.7 Å². The molecule has 6 heteroatoms. The van der Waals surface area contributed by atoms with E-state index in [-0.39, 0.29) is 30.0 Å². The zero-order valence-corrected chi connectivity index (χ0v) is 16.2. The van der Waals surface area contributed by atoms with E-state index < -0.39 is 6.17 Å². The smallest absolute Gasteiger partial charge is 0.237 e. The van der Waals surface area contributed by atoms with E-state index in [1.165, 1.54) is 19.3 Å². The quantitative estimate of drug-likeness (QED) is 0.715. The predicted molar refractivity (Wildman–Crippen MR) is 100 cm³/mol. The topological polar surface area (TPSA) is 56.4 Å². The van der Waals surface area contributed by atoms with Gasteiger partial charge in [-0.05, 0) is 56.8 Å². The van der Waals surface area contributed by atoms with Gasteiger partial charge < -0.3 is 10.6 Å². The molecule has 4 fully saturated rings. The van der Waals surface area contributed by atoms with Crippen LogP contribution < -0.4 is 16.1 Å². The lowest BCUT2D eigenvalue weighted by molar-refractivity contribution is -0.124. The molecule has 0 aromatic heterocycles. The fourth-order valence-electron chi connectivity index (χ4n) is 6.06. The number of amides is 1. The van der Waals surface area contributed by atoms with Gasteiger partial charge in [-0.25, -0.2) is 9.40 Å². The molecule has 2 saturated heterocycles. The highest BCUT2D eigenvalue weighted by Gasteiger charge is 2.46. The van der Waals surface area contributed by atoms with Gasteiger partial charge in [0.05, 0.1) is 6.04 Å². The van der Waals surface area contributed by atoms with Crippen LogP contribution in [0.4, 0.5) is 4.39 Å². The molecule has 1 amide bonds. The number of hydrogen-bond acceptors (Lipinski definition) is 4. The number of nitrogens with one attached hydrogen (secondary N) is 3. The van der Waals surface area contributed by atoms with Crippen LogP contribution in [-0.4, -0.2) is 54.8 Å². The van der Waals surface area contributed by atoms with E-state index in [9.17, 15) is 9.18 Å². The number of carbonyl (C=O) groups is 1. The summed E-state index contributed by atoms with van der Waals surface area (Å²) in [5.41, 5.74) is 3.40. The van der Waals surface area contributed by atoms with Crippen molar-refractivity contribution >= 4 is 5.91 Å². The van der Waals surface area contributed by atoms with Crippen LogP contribution in [0.2, 0.25) is 0 Å². The van der Waals surface area contributed by atoms with E-state index in [4.69, 9.17) is 0 Å². The first-order chi connectivity index (χ1) is 12.5. The van der Waals surface area contributed by atoms with E-state index in [1.807, 2.05) is 0 Å². The number of halogens is 1.